The third kappa shape index (κ3) is 4.83. The second kappa shape index (κ2) is 12.0. The van der Waals surface area contributed by atoms with E-state index in [0.29, 0.717) is 23.8 Å². The Hall–Kier alpha value is -5.67. The molecule has 6 aromatic rings. The van der Waals surface area contributed by atoms with Crippen molar-refractivity contribution in [2.24, 2.45) is 0 Å². The van der Waals surface area contributed by atoms with E-state index < -0.39 is 0 Å². The molecule has 4 unspecified atom stereocenters. The maximum atomic E-state index is 4.32. The smallest absolute Gasteiger partial charge is 0.0538 e. The molecule has 0 N–H and O–H groups in total. The fraction of sp³-hybridized carbons (Fsp3) is 0.170. The highest BCUT2D eigenvalue weighted by Crippen LogP contribution is 2.52. The Morgan fingerprint density at radius 3 is 2.38 bits per heavy atom. The molecule has 242 valence electrons. The molecule has 0 fully saturated rings. The van der Waals surface area contributed by atoms with Gasteiger partial charge in [-0.15, -0.1) is 0 Å². The van der Waals surface area contributed by atoms with Crippen LogP contribution in [-0.4, -0.2) is 15.6 Å². The summed E-state index contributed by atoms with van der Waals surface area (Å²) in [4.78, 5) is 7.04. The summed E-state index contributed by atoms with van der Waals surface area (Å²) in [7, 11) is 0. The number of nitrogens with zero attached hydrogens (tertiary/aromatic N) is 3. The zero-order chi connectivity index (χ0) is 33.0. The van der Waals surface area contributed by atoms with Crippen LogP contribution in [0.15, 0.2) is 170 Å². The minimum Gasteiger partial charge on any atom is -0.341 e. The van der Waals surface area contributed by atoms with E-state index in [1.807, 2.05) is 12.4 Å². The summed E-state index contributed by atoms with van der Waals surface area (Å²) in [6, 6.07) is 41.0. The van der Waals surface area contributed by atoms with Crippen molar-refractivity contribution >= 4 is 38.8 Å². The van der Waals surface area contributed by atoms with Crippen molar-refractivity contribution in [3.8, 4) is 0 Å². The molecular weight excluding hydrogens is 607 g/mol. The van der Waals surface area contributed by atoms with Gasteiger partial charge in [0.2, 0.25) is 0 Å². The van der Waals surface area contributed by atoms with Crippen molar-refractivity contribution in [1.29, 1.82) is 0 Å². The first-order valence-corrected chi connectivity index (χ1v) is 18.1. The molecule has 0 spiro atoms. The molecule has 0 saturated heterocycles. The highest BCUT2D eigenvalue weighted by molar-refractivity contribution is 6.10. The Kier molecular flexibility index (Phi) is 7.04. The molecule has 0 bridgehead atoms. The van der Waals surface area contributed by atoms with Gasteiger partial charge in [-0.1, -0.05) is 103 Å². The minimum absolute atomic E-state index is 0.301. The number of allylic oxidation sites excluding steroid dienone is 9. The van der Waals surface area contributed by atoms with Crippen LogP contribution in [0.5, 0.6) is 0 Å². The van der Waals surface area contributed by atoms with Crippen molar-refractivity contribution in [3.05, 3.63) is 192 Å². The van der Waals surface area contributed by atoms with Crippen LogP contribution in [0.25, 0.3) is 33.1 Å². The van der Waals surface area contributed by atoms with Gasteiger partial charge in [0.1, 0.15) is 0 Å². The lowest BCUT2D eigenvalue weighted by Gasteiger charge is -2.38. The number of para-hydroxylation sites is 2. The molecule has 0 saturated carbocycles. The highest BCUT2D eigenvalue weighted by atomic mass is 15.2. The van der Waals surface area contributed by atoms with E-state index in [1.165, 1.54) is 66.7 Å². The van der Waals surface area contributed by atoms with Crippen LogP contribution >= 0.6 is 0 Å². The van der Waals surface area contributed by atoms with Crippen molar-refractivity contribution in [2.75, 3.05) is 4.90 Å². The summed E-state index contributed by atoms with van der Waals surface area (Å²) < 4.78 is 2.49. The van der Waals surface area contributed by atoms with Gasteiger partial charge in [0.15, 0.2) is 0 Å². The zero-order valence-corrected chi connectivity index (χ0v) is 28.1. The minimum atomic E-state index is 0.301. The summed E-state index contributed by atoms with van der Waals surface area (Å²) >= 11 is 0. The van der Waals surface area contributed by atoms with Crippen molar-refractivity contribution < 1.29 is 0 Å². The van der Waals surface area contributed by atoms with E-state index in [2.05, 4.69) is 166 Å². The normalized spacial score (nSPS) is 22.6. The average molecular weight is 646 g/mol. The Morgan fingerprint density at radius 2 is 1.50 bits per heavy atom. The second-order valence-corrected chi connectivity index (χ2v) is 14.2. The largest absolute Gasteiger partial charge is 0.341 e. The Bertz CT molecular complexity index is 2410. The van der Waals surface area contributed by atoms with Gasteiger partial charge in [0.05, 0.1) is 11.0 Å². The van der Waals surface area contributed by atoms with E-state index >= 15 is 0 Å². The van der Waals surface area contributed by atoms with E-state index in [0.717, 1.165) is 25.7 Å². The molecule has 0 radical (unpaired) electrons. The maximum absolute atomic E-state index is 4.32. The predicted octanol–water partition coefficient (Wildman–Crippen LogP) is 11.6. The fourth-order valence-corrected chi connectivity index (χ4v) is 9.13. The summed E-state index contributed by atoms with van der Waals surface area (Å²) in [5, 5.41) is 2.69. The Morgan fingerprint density at radius 1 is 0.680 bits per heavy atom. The summed E-state index contributed by atoms with van der Waals surface area (Å²) in [5.74, 6) is 1.00. The lowest BCUT2D eigenvalue weighted by molar-refractivity contribution is 0.510. The van der Waals surface area contributed by atoms with Crippen LogP contribution in [0.1, 0.15) is 65.7 Å². The number of aromatic nitrogens is 2. The van der Waals surface area contributed by atoms with Crippen LogP contribution in [-0.2, 0) is 0 Å². The zero-order valence-electron chi connectivity index (χ0n) is 28.1. The summed E-state index contributed by atoms with van der Waals surface area (Å²) in [5.41, 5.74) is 13.4. The first-order chi connectivity index (χ1) is 24.8. The Labute approximate surface area is 293 Å². The number of anilines is 1. The van der Waals surface area contributed by atoms with Gasteiger partial charge < -0.3 is 9.47 Å². The third-order valence-electron chi connectivity index (χ3n) is 11.4. The van der Waals surface area contributed by atoms with Gasteiger partial charge in [-0.05, 0) is 102 Å². The molecule has 4 atom stereocenters. The molecule has 0 amide bonds. The first kappa shape index (κ1) is 29.3. The molecule has 10 rings (SSSR count). The molecule has 3 heteroatoms. The number of rotatable bonds is 5. The Balaban J connectivity index is 1.05. The SMILES string of the molecule is C1=CCCC(n2c3ccccc3c3cc(C4C=CC5c6ccccc6N(C6=CC(c7ccncc7)=CC(c7ccccc7)C6)C5C4)ccc32)=C1. The lowest BCUT2D eigenvalue weighted by atomic mass is 9.79. The van der Waals surface area contributed by atoms with Gasteiger partial charge in [0, 0.05) is 64.0 Å². The van der Waals surface area contributed by atoms with Crippen molar-refractivity contribution in [2.45, 2.75) is 49.5 Å². The maximum Gasteiger partial charge on any atom is 0.0538 e. The average Bonchev–Trinajstić information content (AvgIpc) is 3.71. The molecule has 2 aromatic heterocycles. The fourth-order valence-electron chi connectivity index (χ4n) is 9.13. The van der Waals surface area contributed by atoms with Crippen LogP contribution in [0.2, 0.25) is 0 Å². The molecule has 1 aliphatic heterocycles. The van der Waals surface area contributed by atoms with Crippen LogP contribution in [0, 0.1) is 0 Å². The molecule has 3 aliphatic carbocycles. The number of pyridine rings is 1. The van der Waals surface area contributed by atoms with Crippen LogP contribution < -0.4 is 4.90 Å². The van der Waals surface area contributed by atoms with Crippen molar-refractivity contribution in [3.63, 3.8) is 0 Å². The van der Waals surface area contributed by atoms with E-state index in [9.17, 15) is 0 Å². The topological polar surface area (TPSA) is 21.1 Å². The van der Waals surface area contributed by atoms with Gasteiger partial charge in [-0.3, -0.25) is 4.98 Å². The summed E-state index contributed by atoms with van der Waals surface area (Å²) in [6.45, 7) is 0. The van der Waals surface area contributed by atoms with Gasteiger partial charge >= 0.3 is 0 Å². The lowest BCUT2D eigenvalue weighted by Crippen LogP contribution is -2.37. The first-order valence-electron chi connectivity index (χ1n) is 18.1. The number of fused-ring (bicyclic) bond motifs is 6. The van der Waals surface area contributed by atoms with Crippen LogP contribution in [0.3, 0.4) is 0 Å². The molecule has 3 nitrogen and oxygen atoms in total. The third-order valence-corrected chi connectivity index (χ3v) is 11.4. The monoisotopic (exact) mass is 645 g/mol. The second-order valence-electron chi connectivity index (χ2n) is 14.2. The van der Waals surface area contributed by atoms with E-state index in [4.69, 9.17) is 0 Å². The van der Waals surface area contributed by atoms with E-state index in [-0.39, 0.29) is 0 Å². The van der Waals surface area contributed by atoms with Crippen LogP contribution in [0.4, 0.5) is 5.69 Å². The molecular formula is C47H39N3. The van der Waals surface area contributed by atoms with Crippen molar-refractivity contribution in [1.82, 2.24) is 9.55 Å². The van der Waals surface area contributed by atoms with E-state index in [1.54, 1.807) is 0 Å². The number of benzene rings is 4. The highest BCUT2D eigenvalue weighted by Gasteiger charge is 2.42. The number of hydrogen-bond donors (Lipinski definition) is 0. The summed E-state index contributed by atoms with van der Waals surface area (Å²) in [6.07, 6.45) is 24.7. The molecule has 4 aromatic carbocycles. The molecule has 3 heterocycles. The van der Waals surface area contributed by atoms with Gasteiger partial charge in [-0.25, -0.2) is 0 Å². The quantitative estimate of drug-likeness (QED) is 0.174. The predicted molar refractivity (Wildman–Crippen MR) is 208 cm³/mol. The standard InChI is InChI=1S/C47H39N3/c1-3-11-32(12-4-1)36-27-37(33-23-25-48-26-24-33)29-39(28-36)50-44-17-9-7-15-40(44)42-21-19-35(31-47(42)50)34-20-22-46-43(30-34)41-16-8-10-18-45(41)49(46)38-13-5-2-6-14-38/h1-5,7-13,15-27,29-30,35-36,42,47H,6,14,28,31H2. The number of hydrogen-bond acceptors (Lipinski definition) is 2. The van der Waals surface area contributed by atoms with Gasteiger partial charge in [-0.2, -0.15) is 0 Å². The molecule has 4 aliphatic rings. The van der Waals surface area contributed by atoms with Gasteiger partial charge in [0.25, 0.3) is 0 Å². The molecule has 50 heavy (non-hydrogen) atoms.